The molecule has 1 aromatic heterocycles. The van der Waals surface area contributed by atoms with Gasteiger partial charge in [0.2, 0.25) is 11.8 Å². The summed E-state index contributed by atoms with van der Waals surface area (Å²) < 4.78 is 6.69. The Morgan fingerprint density at radius 2 is 1.95 bits per heavy atom. The van der Waals surface area contributed by atoms with E-state index < -0.39 is 5.97 Å². The minimum absolute atomic E-state index is 0.179. The molecule has 19 heavy (non-hydrogen) atoms. The summed E-state index contributed by atoms with van der Waals surface area (Å²) in [5.74, 6) is 0.286. The Hall–Kier alpha value is -1.44. The summed E-state index contributed by atoms with van der Waals surface area (Å²) in [7, 11) is 0. The number of unbranched alkanes of at least 4 members (excludes halogenated alkanes) is 1. The number of nitrogens with zero attached hydrogens (tertiary/aromatic N) is 2. The number of carboxylic acid groups (broad SMARTS) is 1. The molecule has 0 bridgehead atoms. The summed E-state index contributed by atoms with van der Waals surface area (Å²) >= 11 is 2.23. The molecular weight excluding hydrogens is 359 g/mol. The van der Waals surface area contributed by atoms with Gasteiger partial charge in [-0.2, -0.15) is 0 Å². The maximum Gasteiger partial charge on any atom is 0.303 e. The third-order valence-corrected chi connectivity index (χ3v) is 3.31. The number of aryl methyl sites for hydroxylation is 1. The second-order valence-corrected chi connectivity index (χ2v) is 5.35. The van der Waals surface area contributed by atoms with Crippen LogP contribution < -0.4 is 0 Å². The summed E-state index contributed by atoms with van der Waals surface area (Å²) in [6.45, 7) is 0. The highest BCUT2D eigenvalue weighted by Gasteiger charge is 2.08. The van der Waals surface area contributed by atoms with Gasteiger partial charge in [0.15, 0.2) is 0 Å². The number of hydrogen-bond donors (Lipinski definition) is 1. The molecule has 0 radical (unpaired) electrons. The molecule has 0 aliphatic heterocycles. The fraction of sp³-hybridized carbons (Fsp3) is 0.308. The molecular formula is C13H13IN2O3. The average Bonchev–Trinajstić information content (AvgIpc) is 2.84. The Balaban J connectivity index is 1.91. The lowest BCUT2D eigenvalue weighted by Crippen LogP contribution is -1.95. The third-order valence-electron chi connectivity index (χ3n) is 2.59. The summed E-state index contributed by atoms with van der Waals surface area (Å²) in [4.78, 5) is 10.4. The van der Waals surface area contributed by atoms with Crippen molar-refractivity contribution in [3.8, 4) is 11.5 Å². The fourth-order valence-corrected chi connectivity index (χ4v) is 1.98. The molecule has 5 nitrogen and oxygen atoms in total. The van der Waals surface area contributed by atoms with Crippen molar-refractivity contribution in [2.45, 2.75) is 25.7 Å². The molecule has 1 heterocycles. The van der Waals surface area contributed by atoms with Crippen molar-refractivity contribution in [2.75, 3.05) is 0 Å². The number of aromatic nitrogens is 2. The smallest absolute Gasteiger partial charge is 0.303 e. The number of rotatable bonds is 6. The number of halogens is 1. The topological polar surface area (TPSA) is 76.2 Å². The van der Waals surface area contributed by atoms with Gasteiger partial charge in [-0.15, -0.1) is 10.2 Å². The van der Waals surface area contributed by atoms with Crippen LogP contribution in [0.5, 0.6) is 0 Å². The van der Waals surface area contributed by atoms with Crippen molar-refractivity contribution in [1.29, 1.82) is 0 Å². The Morgan fingerprint density at radius 1 is 1.21 bits per heavy atom. The van der Waals surface area contributed by atoms with Gasteiger partial charge in [-0.25, -0.2) is 0 Å². The van der Waals surface area contributed by atoms with Gasteiger partial charge in [-0.3, -0.25) is 4.79 Å². The fourth-order valence-electron chi connectivity index (χ4n) is 1.62. The first-order chi connectivity index (χ1) is 9.15. The van der Waals surface area contributed by atoms with E-state index in [1.54, 1.807) is 0 Å². The van der Waals surface area contributed by atoms with Gasteiger partial charge in [0.25, 0.3) is 0 Å². The quantitative estimate of drug-likeness (QED) is 0.623. The van der Waals surface area contributed by atoms with E-state index in [-0.39, 0.29) is 6.42 Å². The minimum atomic E-state index is -0.773. The Bertz CT molecular complexity index is 551. The second-order valence-electron chi connectivity index (χ2n) is 4.11. The molecule has 0 saturated carbocycles. The predicted molar refractivity (Wildman–Crippen MR) is 77.6 cm³/mol. The maximum absolute atomic E-state index is 10.4. The Kier molecular flexibility index (Phi) is 4.89. The van der Waals surface area contributed by atoms with E-state index in [9.17, 15) is 4.79 Å². The van der Waals surface area contributed by atoms with Crippen molar-refractivity contribution in [3.63, 3.8) is 0 Å². The van der Waals surface area contributed by atoms with Crippen LogP contribution in [0.3, 0.4) is 0 Å². The molecule has 0 amide bonds. The van der Waals surface area contributed by atoms with Crippen molar-refractivity contribution >= 4 is 28.6 Å². The number of aliphatic carboxylic acids is 1. The van der Waals surface area contributed by atoms with Crippen LogP contribution in [0.1, 0.15) is 25.2 Å². The molecule has 2 aromatic rings. The zero-order chi connectivity index (χ0) is 13.7. The van der Waals surface area contributed by atoms with Crippen LogP contribution in [0.2, 0.25) is 0 Å². The molecule has 0 spiro atoms. The number of benzene rings is 1. The van der Waals surface area contributed by atoms with Crippen molar-refractivity contribution in [2.24, 2.45) is 0 Å². The monoisotopic (exact) mass is 372 g/mol. The molecule has 0 aliphatic carbocycles. The molecule has 6 heteroatoms. The molecule has 2 rings (SSSR count). The molecule has 100 valence electrons. The lowest BCUT2D eigenvalue weighted by atomic mass is 10.2. The standard InChI is InChI=1S/C13H13IN2O3/c14-10-7-5-9(6-8-10)13-16-15-11(19-13)3-1-2-4-12(17)18/h5-8H,1-4H2,(H,17,18). The summed E-state index contributed by atoms with van der Waals surface area (Å²) in [6, 6.07) is 7.83. The molecule has 0 unspecified atom stereocenters. The van der Waals surface area contributed by atoms with Crippen LogP contribution in [0.15, 0.2) is 28.7 Å². The van der Waals surface area contributed by atoms with Crippen LogP contribution in [0.4, 0.5) is 0 Å². The van der Waals surface area contributed by atoms with E-state index in [4.69, 9.17) is 9.52 Å². The van der Waals surface area contributed by atoms with E-state index in [0.717, 1.165) is 15.6 Å². The van der Waals surface area contributed by atoms with Crippen molar-refractivity contribution in [3.05, 3.63) is 33.7 Å². The predicted octanol–water partition coefficient (Wildman–Crippen LogP) is 3.14. The van der Waals surface area contributed by atoms with Gasteiger partial charge in [0, 0.05) is 22.0 Å². The summed E-state index contributed by atoms with van der Waals surface area (Å²) in [5.41, 5.74) is 0.893. The first-order valence-corrected chi connectivity index (χ1v) is 7.03. The third kappa shape index (κ3) is 4.30. The Labute approximate surface area is 124 Å². The lowest BCUT2D eigenvalue weighted by molar-refractivity contribution is -0.137. The van der Waals surface area contributed by atoms with Gasteiger partial charge < -0.3 is 9.52 Å². The van der Waals surface area contributed by atoms with Crippen LogP contribution >= 0.6 is 22.6 Å². The van der Waals surface area contributed by atoms with Crippen molar-refractivity contribution < 1.29 is 14.3 Å². The second kappa shape index (κ2) is 6.65. The zero-order valence-corrected chi connectivity index (χ0v) is 12.3. The number of carboxylic acids is 1. The molecule has 0 atom stereocenters. The highest BCUT2D eigenvalue weighted by Crippen LogP contribution is 2.19. The Morgan fingerprint density at radius 3 is 2.63 bits per heavy atom. The van der Waals surface area contributed by atoms with Gasteiger partial charge in [-0.1, -0.05) is 0 Å². The molecule has 0 saturated heterocycles. The van der Waals surface area contributed by atoms with Crippen LogP contribution in [0.25, 0.3) is 11.5 Å². The van der Waals surface area contributed by atoms with E-state index in [0.29, 0.717) is 24.6 Å². The molecule has 1 aromatic carbocycles. The lowest BCUT2D eigenvalue weighted by Gasteiger charge is -1.95. The van der Waals surface area contributed by atoms with E-state index in [2.05, 4.69) is 32.8 Å². The maximum atomic E-state index is 10.4. The average molecular weight is 372 g/mol. The van der Waals surface area contributed by atoms with Crippen LogP contribution in [0, 0.1) is 3.57 Å². The number of carbonyl (C=O) groups is 1. The first-order valence-electron chi connectivity index (χ1n) is 5.95. The van der Waals surface area contributed by atoms with E-state index >= 15 is 0 Å². The summed E-state index contributed by atoms with van der Waals surface area (Å²) in [5, 5.41) is 16.5. The molecule has 0 aliphatic rings. The van der Waals surface area contributed by atoms with Crippen molar-refractivity contribution in [1.82, 2.24) is 10.2 Å². The van der Waals surface area contributed by atoms with E-state index in [1.807, 2.05) is 24.3 Å². The normalized spacial score (nSPS) is 10.6. The highest BCUT2D eigenvalue weighted by molar-refractivity contribution is 14.1. The highest BCUT2D eigenvalue weighted by atomic mass is 127. The van der Waals surface area contributed by atoms with Gasteiger partial charge in [0.1, 0.15) is 0 Å². The summed E-state index contributed by atoms with van der Waals surface area (Å²) in [6.07, 6.45) is 2.15. The van der Waals surface area contributed by atoms with Crippen LogP contribution in [-0.4, -0.2) is 21.3 Å². The molecule has 0 fully saturated rings. The van der Waals surface area contributed by atoms with Gasteiger partial charge in [0.05, 0.1) is 0 Å². The van der Waals surface area contributed by atoms with E-state index in [1.165, 1.54) is 0 Å². The largest absolute Gasteiger partial charge is 0.481 e. The SMILES string of the molecule is O=C(O)CCCCc1nnc(-c2ccc(I)cc2)o1. The minimum Gasteiger partial charge on any atom is -0.481 e. The van der Waals surface area contributed by atoms with Crippen LogP contribution in [-0.2, 0) is 11.2 Å². The zero-order valence-electron chi connectivity index (χ0n) is 10.2. The first kappa shape index (κ1) is 14.0. The van der Waals surface area contributed by atoms with Gasteiger partial charge in [-0.05, 0) is 59.7 Å². The number of hydrogen-bond acceptors (Lipinski definition) is 4. The van der Waals surface area contributed by atoms with Gasteiger partial charge >= 0.3 is 5.97 Å². The molecule has 1 N–H and O–H groups in total.